The minimum Gasteiger partial charge on any atom is -0.466 e. The number of carbonyl (C=O) groups is 2. The number of ether oxygens (including phenoxy) is 1. The van der Waals surface area contributed by atoms with E-state index in [4.69, 9.17) is 0 Å². The molecule has 0 saturated carbocycles. The van der Waals surface area contributed by atoms with E-state index < -0.39 is 11.9 Å². The van der Waals surface area contributed by atoms with E-state index in [9.17, 15) is 9.59 Å². The topological polar surface area (TPSA) is 52.6 Å². The third-order valence-electron chi connectivity index (χ3n) is 0.476. The predicted molar refractivity (Wildman–Crippen MR) is 39.8 cm³/mol. The minimum atomic E-state index is -0.480. The Labute approximate surface area is 69.9 Å². The van der Waals surface area contributed by atoms with Crippen LogP contribution in [0.25, 0.3) is 0 Å². The maximum atomic E-state index is 9.84. The molecule has 0 aliphatic carbocycles. The normalized spacial score (nSPS) is 6.82. The van der Waals surface area contributed by atoms with Gasteiger partial charge in [0.15, 0.2) is 0 Å². The Morgan fingerprint density at radius 2 is 1.91 bits per heavy atom. The highest BCUT2D eigenvalue weighted by Crippen LogP contribution is 1.75. The van der Waals surface area contributed by atoms with Crippen LogP contribution in [0.2, 0.25) is 0 Å². The van der Waals surface area contributed by atoms with Crippen LogP contribution in [0.15, 0.2) is 12.7 Å². The van der Waals surface area contributed by atoms with Gasteiger partial charge in [0.25, 0.3) is 0 Å². The van der Waals surface area contributed by atoms with Crippen molar-refractivity contribution >= 4 is 23.8 Å². The molecule has 0 spiro atoms. The fourth-order valence-corrected chi connectivity index (χ4v) is 0.0833. The molecule has 64 valence electrons. The number of hydrogen-bond acceptors (Lipinski definition) is 4. The second-order valence-electron chi connectivity index (χ2n) is 1.30. The molecule has 0 aromatic heterocycles. The van der Waals surface area contributed by atoms with Gasteiger partial charge in [-0.2, -0.15) is 0 Å². The molecule has 4 nitrogen and oxygen atoms in total. The van der Waals surface area contributed by atoms with E-state index in [2.05, 4.69) is 27.5 Å². The Morgan fingerprint density at radius 1 is 1.55 bits per heavy atom. The highest BCUT2D eigenvalue weighted by atomic mass is 35.5. The lowest BCUT2D eigenvalue weighted by atomic mass is 10.7. The molecule has 5 heteroatoms. The predicted octanol–water partition coefficient (Wildman–Crippen LogP) is 1.05. The first-order valence-electron chi connectivity index (χ1n) is 2.58. The lowest BCUT2D eigenvalue weighted by Crippen LogP contribution is -1.91. The third kappa shape index (κ3) is 17.6. The molecule has 0 aliphatic heterocycles. The average molecular weight is 181 g/mol. The maximum absolute atomic E-state index is 9.84. The molecule has 0 fully saturated rings. The van der Waals surface area contributed by atoms with Crippen molar-refractivity contribution < 1.29 is 18.6 Å². The van der Waals surface area contributed by atoms with Gasteiger partial charge in [-0.3, -0.25) is 4.79 Å². The quantitative estimate of drug-likeness (QED) is 0.447. The number of rotatable bonds is 1. The Balaban J connectivity index is 0. The molecule has 0 aliphatic rings. The number of halogens is 1. The van der Waals surface area contributed by atoms with E-state index in [1.54, 1.807) is 0 Å². The van der Waals surface area contributed by atoms with E-state index in [0.717, 1.165) is 6.08 Å². The Bertz CT molecular complexity index is 144. The summed E-state index contributed by atoms with van der Waals surface area (Å²) in [6.07, 6.45) is 1.11. The SMILES string of the molecule is C=CC(=O)OC.CC(=O)OCl. The van der Waals surface area contributed by atoms with E-state index in [1.165, 1.54) is 14.0 Å². The summed E-state index contributed by atoms with van der Waals surface area (Å²) in [7, 11) is 1.31. The lowest BCUT2D eigenvalue weighted by molar-refractivity contribution is -0.135. The third-order valence-corrected chi connectivity index (χ3v) is 0.694. The molecule has 0 atom stereocenters. The van der Waals surface area contributed by atoms with Crippen LogP contribution in [0.5, 0.6) is 0 Å². The number of carbonyl (C=O) groups excluding carboxylic acids is 2. The summed E-state index contributed by atoms with van der Waals surface area (Å²) in [6.45, 7) is 4.39. The monoisotopic (exact) mass is 180 g/mol. The zero-order valence-electron chi connectivity index (χ0n) is 6.30. The molecule has 0 N–H and O–H groups in total. The standard InChI is InChI=1S/C4H6O2.C2H3ClO2/c1-3-4(5)6-2;1-2(4)5-3/h3H,1H2,2H3;1H3. The summed E-state index contributed by atoms with van der Waals surface area (Å²) in [5.41, 5.74) is 0. The molecular formula is C6H9ClO4. The van der Waals surface area contributed by atoms with Crippen molar-refractivity contribution in [3.8, 4) is 0 Å². The van der Waals surface area contributed by atoms with Gasteiger partial charge in [0, 0.05) is 13.0 Å². The first-order chi connectivity index (χ1) is 5.08. The van der Waals surface area contributed by atoms with Crippen molar-refractivity contribution in [2.45, 2.75) is 6.92 Å². The van der Waals surface area contributed by atoms with E-state index >= 15 is 0 Å². The fraction of sp³-hybridized carbons (Fsp3) is 0.333. The van der Waals surface area contributed by atoms with Crippen LogP contribution in [0.3, 0.4) is 0 Å². The zero-order chi connectivity index (χ0) is 9.28. The molecule has 0 aromatic rings. The summed E-state index contributed by atoms with van der Waals surface area (Å²) in [4.78, 5) is 19.3. The Morgan fingerprint density at radius 3 is 1.91 bits per heavy atom. The van der Waals surface area contributed by atoms with Gasteiger partial charge in [-0.15, -0.1) is 0 Å². The van der Waals surface area contributed by atoms with Crippen LogP contribution >= 0.6 is 11.9 Å². The molecule has 11 heavy (non-hydrogen) atoms. The van der Waals surface area contributed by atoms with Gasteiger partial charge in [0.05, 0.1) is 7.11 Å². The Kier molecular flexibility index (Phi) is 10.3. The number of hydrogen-bond donors (Lipinski definition) is 0. The van der Waals surface area contributed by atoms with Crippen LogP contribution in [0, 0.1) is 0 Å². The van der Waals surface area contributed by atoms with Crippen LogP contribution in [0.1, 0.15) is 6.92 Å². The molecule has 0 unspecified atom stereocenters. The number of methoxy groups -OCH3 is 1. The summed E-state index contributed by atoms with van der Waals surface area (Å²) < 4.78 is 7.73. The summed E-state index contributed by atoms with van der Waals surface area (Å²) in [5.74, 6) is -0.873. The maximum Gasteiger partial charge on any atom is 0.329 e. The van der Waals surface area contributed by atoms with Gasteiger partial charge in [-0.25, -0.2) is 4.79 Å². The number of esters is 1. The molecule has 0 heterocycles. The molecule has 0 aromatic carbocycles. The van der Waals surface area contributed by atoms with Crippen molar-refractivity contribution in [3.63, 3.8) is 0 Å². The molecule has 0 bridgehead atoms. The average Bonchev–Trinajstić information content (AvgIpc) is 2.04. The molecule has 0 amide bonds. The molecular weight excluding hydrogens is 172 g/mol. The van der Waals surface area contributed by atoms with Gasteiger partial charge in [0.1, 0.15) is 11.9 Å². The van der Waals surface area contributed by atoms with Gasteiger partial charge in [0.2, 0.25) is 0 Å². The first kappa shape index (κ1) is 12.6. The summed E-state index contributed by atoms with van der Waals surface area (Å²) in [5, 5.41) is 0. The summed E-state index contributed by atoms with van der Waals surface area (Å²) >= 11 is 4.49. The van der Waals surface area contributed by atoms with Crippen LogP contribution in [0.4, 0.5) is 0 Å². The van der Waals surface area contributed by atoms with Crippen molar-refractivity contribution in [1.29, 1.82) is 0 Å². The first-order valence-corrected chi connectivity index (χ1v) is 2.88. The van der Waals surface area contributed by atoms with E-state index in [-0.39, 0.29) is 0 Å². The van der Waals surface area contributed by atoms with E-state index in [0.29, 0.717) is 0 Å². The van der Waals surface area contributed by atoms with Gasteiger partial charge < -0.3 is 9.03 Å². The highest BCUT2D eigenvalue weighted by Gasteiger charge is 1.82. The molecule has 0 rings (SSSR count). The van der Waals surface area contributed by atoms with Gasteiger partial charge in [-0.1, -0.05) is 6.58 Å². The summed E-state index contributed by atoms with van der Waals surface area (Å²) in [6, 6.07) is 0. The van der Waals surface area contributed by atoms with Crippen LogP contribution in [-0.2, 0) is 18.6 Å². The molecule has 0 saturated heterocycles. The van der Waals surface area contributed by atoms with Crippen molar-refractivity contribution in [2.75, 3.05) is 7.11 Å². The van der Waals surface area contributed by atoms with Crippen molar-refractivity contribution in [3.05, 3.63) is 12.7 Å². The van der Waals surface area contributed by atoms with Crippen molar-refractivity contribution in [2.24, 2.45) is 0 Å². The van der Waals surface area contributed by atoms with Crippen LogP contribution < -0.4 is 0 Å². The smallest absolute Gasteiger partial charge is 0.329 e. The minimum absolute atomic E-state index is 0.394. The zero-order valence-corrected chi connectivity index (χ0v) is 7.05. The largest absolute Gasteiger partial charge is 0.466 e. The van der Waals surface area contributed by atoms with Gasteiger partial charge in [-0.05, 0) is 0 Å². The molecule has 0 radical (unpaired) electrons. The van der Waals surface area contributed by atoms with Crippen LogP contribution in [-0.4, -0.2) is 19.0 Å². The highest BCUT2D eigenvalue weighted by molar-refractivity contribution is 6.12. The second kappa shape index (κ2) is 8.97. The second-order valence-corrected chi connectivity index (χ2v) is 1.45. The fourth-order valence-electron chi connectivity index (χ4n) is 0.0833. The van der Waals surface area contributed by atoms with Gasteiger partial charge >= 0.3 is 11.9 Å². The Hall–Kier alpha value is -1.03. The van der Waals surface area contributed by atoms with E-state index in [1.807, 2.05) is 0 Å². The lowest BCUT2D eigenvalue weighted by Gasteiger charge is -1.83. The van der Waals surface area contributed by atoms with Crippen molar-refractivity contribution in [1.82, 2.24) is 0 Å².